The number of ether oxygens (including phenoxy) is 1. The van der Waals surface area contributed by atoms with Crippen LogP contribution in [0.5, 0.6) is 5.75 Å². The first-order valence-corrected chi connectivity index (χ1v) is 12.8. The first kappa shape index (κ1) is 25.0. The number of aryl methyl sites for hydroxylation is 3. The number of carbonyl (C=O) groups excluding carboxylic acids is 1. The largest absolute Gasteiger partial charge is 0.496 e. The lowest BCUT2D eigenvalue weighted by molar-refractivity contribution is 0.0577. The van der Waals surface area contributed by atoms with E-state index in [0.29, 0.717) is 6.04 Å². The summed E-state index contributed by atoms with van der Waals surface area (Å²) >= 11 is 0. The number of piperidine rings is 1. The molecule has 0 unspecified atom stereocenters. The fourth-order valence-corrected chi connectivity index (χ4v) is 5.34. The Labute approximate surface area is 210 Å². The molecule has 0 spiro atoms. The van der Waals surface area contributed by atoms with Gasteiger partial charge in [0.25, 0.3) is 5.91 Å². The second-order valence-corrected chi connectivity index (χ2v) is 9.81. The molecule has 1 heterocycles. The highest BCUT2D eigenvalue weighted by Gasteiger charge is 2.32. The number of likely N-dealkylation sites (tertiary alicyclic amines) is 1. The van der Waals surface area contributed by atoms with E-state index in [9.17, 15) is 4.79 Å². The second kappa shape index (κ2) is 12.0. The molecule has 35 heavy (non-hydrogen) atoms. The lowest BCUT2D eigenvalue weighted by Gasteiger charge is -2.40. The number of methoxy groups -OCH3 is 1. The predicted molar refractivity (Wildman–Crippen MR) is 143 cm³/mol. The van der Waals surface area contributed by atoms with Gasteiger partial charge >= 0.3 is 0 Å². The molecule has 0 saturated carbocycles. The lowest BCUT2D eigenvalue weighted by atomic mass is 9.91. The van der Waals surface area contributed by atoms with Gasteiger partial charge in [-0.1, -0.05) is 65.7 Å². The van der Waals surface area contributed by atoms with E-state index in [4.69, 9.17) is 4.74 Å². The third-order valence-electron chi connectivity index (χ3n) is 7.01. The quantitative estimate of drug-likeness (QED) is 0.405. The normalized spacial score (nSPS) is 17.9. The van der Waals surface area contributed by atoms with Gasteiger partial charge in [0.1, 0.15) is 5.75 Å². The summed E-state index contributed by atoms with van der Waals surface area (Å²) in [6, 6.07) is 25.6. The van der Waals surface area contributed by atoms with Crippen molar-refractivity contribution in [2.45, 2.75) is 58.0 Å². The highest BCUT2D eigenvalue weighted by Crippen LogP contribution is 2.25. The lowest BCUT2D eigenvalue weighted by Crippen LogP contribution is -2.52. The number of amides is 1. The van der Waals surface area contributed by atoms with Crippen molar-refractivity contribution in [1.29, 1.82) is 0 Å². The Kier molecular flexibility index (Phi) is 8.59. The molecule has 0 radical (unpaired) electrons. The number of hydrogen-bond acceptors (Lipinski definition) is 3. The summed E-state index contributed by atoms with van der Waals surface area (Å²) in [6.07, 6.45) is 4.90. The zero-order chi connectivity index (χ0) is 24.6. The molecule has 0 aliphatic carbocycles. The Morgan fingerprint density at radius 1 is 1.00 bits per heavy atom. The van der Waals surface area contributed by atoms with Crippen LogP contribution in [0.3, 0.4) is 0 Å². The first-order valence-electron chi connectivity index (χ1n) is 12.8. The van der Waals surface area contributed by atoms with Crippen LogP contribution in [-0.2, 0) is 12.8 Å². The van der Waals surface area contributed by atoms with Gasteiger partial charge < -0.3 is 15.0 Å². The van der Waals surface area contributed by atoms with Gasteiger partial charge in [-0.25, -0.2) is 0 Å². The molecule has 3 aromatic carbocycles. The maximum Gasteiger partial charge on any atom is 0.254 e. The smallest absolute Gasteiger partial charge is 0.254 e. The average molecular weight is 471 g/mol. The molecule has 1 amide bonds. The summed E-state index contributed by atoms with van der Waals surface area (Å²) in [7, 11) is 1.73. The molecule has 3 aromatic rings. The minimum atomic E-state index is 0.160. The fourth-order valence-electron chi connectivity index (χ4n) is 5.34. The Hall–Kier alpha value is -3.11. The maximum absolute atomic E-state index is 13.6. The summed E-state index contributed by atoms with van der Waals surface area (Å²) < 4.78 is 5.49. The number of benzene rings is 3. The van der Waals surface area contributed by atoms with Crippen LogP contribution in [-0.4, -0.2) is 43.1 Å². The number of carbonyl (C=O) groups is 1. The minimum absolute atomic E-state index is 0.160. The molecule has 2 atom stereocenters. The minimum Gasteiger partial charge on any atom is -0.496 e. The number of hydrogen-bond donors (Lipinski definition) is 1. The molecular weight excluding hydrogens is 432 g/mol. The van der Waals surface area contributed by atoms with Crippen molar-refractivity contribution >= 4 is 5.91 Å². The predicted octanol–water partition coefficient (Wildman–Crippen LogP) is 5.75. The van der Waals surface area contributed by atoms with E-state index in [0.717, 1.165) is 67.6 Å². The van der Waals surface area contributed by atoms with Gasteiger partial charge in [-0.2, -0.15) is 0 Å². The van der Waals surface area contributed by atoms with Crippen molar-refractivity contribution < 1.29 is 9.53 Å². The Bertz CT molecular complexity index is 1090. The van der Waals surface area contributed by atoms with E-state index in [1.807, 2.05) is 24.3 Å². The van der Waals surface area contributed by atoms with Crippen LogP contribution >= 0.6 is 0 Å². The van der Waals surface area contributed by atoms with Crippen molar-refractivity contribution in [1.82, 2.24) is 10.2 Å². The van der Waals surface area contributed by atoms with Gasteiger partial charge in [0, 0.05) is 24.2 Å². The summed E-state index contributed by atoms with van der Waals surface area (Å²) in [5.41, 5.74) is 5.63. The highest BCUT2D eigenvalue weighted by molar-refractivity contribution is 5.95. The van der Waals surface area contributed by atoms with Crippen LogP contribution in [0.4, 0.5) is 0 Å². The van der Waals surface area contributed by atoms with Gasteiger partial charge in [-0.3, -0.25) is 4.79 Å². The molecular formula is C31H38N2O2. The Balaban J connectivity index is 1.40. The molecule has 4 rings (SSSR count). The van der Waals surface area contributed by atoms with Crippen molar-refractivity contribution in [3.8, 4) is 5.75 Å². The van der Waals surface area contributed by atoms with Crippen LogP contribution in [0.25, 0.3) is 0 Å². The summed E-state index contributed by atoms with van der Waals surface area (Å²) in [4.78, 5) is 15.7. The van der Waals surface area contributed by atoms with Crippen LogP contribution < -0.4 is 10.1 Å². The van der Waals surface area contributed by atoms with Gasteiger partial charge in [0.15, 0.2) is 0 Å². The van der Waals surface area contributed by atoms with Gasteiger partial charge in [-0.15, -0.1) is 0 Å². The molecule has 4 nitrogen and oxygen atoms in total. The zero-order valence-corrected chi connectivity index (χ0v) is 21.3. The standard InChI is InChI=1S/C31H38N2O2/c1-23-18-24(2)20-27(19-23)31(34)33-17-15-28(22-29(33)21-25-10-5-4-6-11-25)32-16-9-13-26-12-7-8-14-30(26)35-3/h4-8,10-12,14,18-20,28-29,32H,9,13,15-17,21-22H2,1-3H3/t28-,29-/m0/s1. The molecule has 4 heteroatoms. The Morgan fingerprint density at radius 2 is 1.71 bits per heavy atom. The molecule has 1 fully saturated rings. The molecule has 1 aliphatic rings. The first-order chi connectivity index (χ1) is 17.0. The second-order valence-electron chi connectivity index (χ2n) is 9.81. The maximum atomic E-state index is 13.6. The summed E-state index contributed by atoms with van der Waals surface area (Å²) in [5.74, 6) is 1.13. The van der Waals surface area contributed by atoms with Gasteiger partial charge in [-0.05, 0) is 81.8 Å². The summed E-state index contributed by atoms with van der Waals surface area (Å²) in [5, 5.41) is 3.78. The van der Waals surface area contributed by atoms with Crippen LogP contribution in [0, 0.1) is 13.8 Å². The van der Waals surface area contributed by atoms with Crippen molar-refractivity contribution in [2.75, 3.05) is 20.2 Å². The van der Waals surface area contributed by atoms with Crippen molar-refractivity contribution in [3.63, 3.8) is 0 Å². The van der Waals surface area contributed by atoms with Gasteiger partial charge in [0.2, 0.25) is 0 Å². The number of nitrogens with one attached hydrogen (secondary N) is 1. The van der Waals surface area contributed by atoms with E-state index in [1.165, 1.54) is 11.1 Å². The molecule has 0 aromatic heterocycles. The SMILES string of the molecule is COc1ccccc1CCCN[C@H]1CCN(C(=O)c2cc(C)cc(C)c2)[C@@H](Cc2ccccc2)C1. The number of para-hydroxylation sites is 1. The van der Waals surface area contributed by atoms with E-state index >= 15 is 0 Å². The Morgan fingerprint density at radius 3 is 2.46 bits per heavy atom. The molecule has 1 saturated heterocycles. The van der Waals surface area contributed by atoms with Crippen LogP contribution in [0.2, 0.25) is 0 Å². The van der Waals surface area contributed by atoms with Crippen LogP contribution in [0.1, 0.15) is 51.9 Å². The molecule has 1 aliphatic heterocycles. The molecule has 184 valence electrons. The van der Waals surface area contributed by atoms with E-state index in [-0.39, 0.29) is 11.9 Å². The topological polar surface area (TPSA) is 41.6 Å². The van der Waals surface area contributed by atoms with Crippen LogP contribution in [0.15, 0.2) is 72.8 Å². The van der Waals surface area contributed by atoms with E-state index in [1.54, 1.807) is 7.11 Å². The van der Waals surface area contributed by atoms with Crippen molar-refractivity contribution in [3.05, 3.63) is 101 Å². The zero-order valence-electron chi connectivity index (χ0n) is 21.3. The highest BCUT2D eigenvalue weighted by atomic mass is 16.5. The molecule has 1 N–H and O–H groups in total. The third-order valence-corrected chi connectivity index (χ3v) is 7.01. The van der Waals surface area contributed by atoms with Crippen molar-refractivity contribution in [2.24, 2.45) is 0 Å². The van der Waals surface area contributed by atoms with Gasteiger partial charge in [0.05, 0.1) is 7.11 Å². The fraction of sp³-hybridized carbons (Fsp3) is 0.387. The third kappa shape index (κ3) is 6.73. The van der Waals surface area contributed by atoms with E-state index < -0.39 is 0 Å². The number of rotatable bonds is 9. The average Bonchev–Trinajstić information content (AvgIpc) is 2.86. The molecule has 0 bridgehead atoms. The number of nitrogens with zero attached hydrogens (tertiary/aromatic N) is 1. The van der Waals surface area contributed by atoms with E-state index in [2.05, 4.69) is 72.6 Å². The summed E-state index contributed by atoms with van der Waals surface area (Å²) in [6.45, 7) is 5.87. The monoisotopic (exact) mass is 470 g/mol.